The van der Waals surface area contributed by atoms with Gasteiger partial charge in [-0.15, -0.1) is 11.3 Å². The molecule has 1 aromatic carbocycles. The van der Waals surface area contributed by atoms with E-state index in [0.717, 1.165) is 29.5 Å². The van der Waals surface area contributed by atoms with Crippen LogP contribution >= 0.6 is 11.3 Å². The van der Waals surface area contributed by atoms with Gasteiger partial charge in [0.15, 0.2) is 0 Å². The zero-order chi connectivity index (χ0) is 23.5. The lowest BCUT2D eigenvalue weighted by Gasteiger charge is -2.26. The first-order valence-electron chi connectivity index (χ1n) is 9.87. The summed E-state index contributed by atoms with van der Waals surface area (Å²) in [7, 11) is 0. The maximum Gasteiger partial charge on any atom is 0.416 e. The van der Waals surface area contributed by atoms with Gasteiger partial charge in [-0.25, -0.2) is 9.59 Å². The van der Waals surface area contributed by atoms with Crippen LogP contribution in [0.15, 0.2) is 24.3 Å². The number of thiophene rings is 1. The Bertz CT molecular complexity index is 1030. The van der Waals surface area contributed by atoms with Crippen molar-refractivity contribution in [1.29, 1.82) is 0 Å². The number of amides is 2. The lowest BCUT2D eigenvalue weighted by molar-refractivity contribution is -0.137. The number of benzene rings is 1. The lowest BCUT2D eigenvalue weighted by Crippen LogP contribution is -2.36. The molecule has 32 heavy (non-hydrogen) atoms. The van der Waals surface area contributed by atoms with Crippen molar-refractivity contribution < 1.29 is 37.0 Å². The molecule has 0 aliphatic carbocycles. The van der Waals surface area contributed by atoms with Gasteiger partial charge in [-0.3, -0.25) is 4.79 Å². The molecule has 0 radical (unpaired) electrons. The summed E-state index contributed by atoms with van der Waals surface area (Å²) in [6, 6.07) is 4.01. The first kappa shape index (κ1) is 23.6. The second-order valence-corrected chi connectivity index (χ2v) is 7.94. The Morgan fingerprint density at radius 1 is 1.16 bits per heavy atom. The molecule has 1 aliphatic heterocycles. The molecular formula is C21H21F3N2O5S. The number of hydrogen-bond acceptors (Lipinski definition) is 6. The van der Waals surface area contributed by atoms with Crippen LogP contribution in [-0.4, -0.2) is 42.6 Å². The van der Waals surface area contributed by atoms with Gasteiger partial charge in [0, 0.05) is 17.0 Å². The molecular weight excluding hydrogens is 449 g/mol. The van der Waals surface area contributed by atoms with Crippen molar-refractivity contribution in [3.63, 3.8) is 0 Å². The number of ether oxygens (including phenoxy) is 2. The molecule has 1 aliphatic rings. The summed E-state index contributed by atoms with van der Waals surface area (Å²) in [5.41, 5.74) is -0.343. The summed E-state index contributed by atoms with van der Waals surface area (Å²) < 4.78 is 49.1. The van der Waals surface area contributed by atoms with E-state index in [4.69, 9.17) is 9.47 Å². The Kier molecular flexibility index (Phi) is 7.07. The fourth-order valence-corrected chi connectivity index (χ4v) is 4.54. The first-order valence-corrected chi connectivity index (χ1v) is 10.7. The van der Waals surface area contributed by atoms with Gasteiger partial charge in [0.05, 0.1) is 30.9 Å². The van der Waals surface area contributed by atoms with E-state index in [1.54, 1.807) is 13.8 Å². The number of carbonyl (C=O) groups is 3. The number of halogens is 3. The average Bonchev–Trinajstić information content (AvgIpc) is 3.10. The van der Waals surface area contributed by atoms with Crippen molar-refractivity contribution in [2.75, 3.05) is 25.1 Å². The Balaban J connectivity index is 1.92. The minimum atomic E-state index is -4.59. The zero-order valence-electron chi connectivity index (χ0n) is 17.4. The summed E-state index contributed by atoms with van der Waals surface area (Å²) >= 11 is 1.08. The molecule has 2 heterocycles. The van der Waals surface area contributed by atoms with Gasteiger partial charge in [0.25, 0.3) is 5.91 Å². The van der Waals surface area contributed by atoms with Gasteiger partial charge in [0.1, 0.15) is 5.00 Å². The van der Waals surface area contributed by atoms with Crippen molar-refractivity contribution in [3.05, 3.63) is 51.4 Å². The molecule has 1 N–H and O–H groups in total. The highest BCUT2D eigenvalue weighted by Gasteiger charge is 2.33. The highest BCUT2D eigenvalue weighted by Crippen LogP contribution is 2.38. The predicted molar refractivity (Wildman–Crippen MR) is 111 cm³/mol. The predicted octanol–water partition coefficient (Wildman–Crippen LogP) is 4.71. The molecule has 0 spiro atoms. The number of fused-ring (bicyclic) bond motifs is 1. The van der Waals surface area contributed by atoms with Gasteiger partial charge in [-0.1, -0.05) is 6.07 Å². The number of rotatable bonds is 5. The van der Waals surface area contributed by atoms with Crippen LogP contribution in [0.1, 0.15) is 50.6 Å². The van der Waals surface area contributed by atoms with E-state index in [1.165, 1.54) is 11.0 Å². The highest BCUT2D eigenvalue weighted by atomic mass is 32.1. The fraction of sp³-hybridized carbons (Fsp3) is 0.381. The molecule has 1 aromatic heterocycles. The molecule has 0 fully saturated rings. The van der Waals surface area contributed by atoms with E-state index < -0.39 is 29.7 Å². The molecule has 0 atom stereocenters. The second kappa shape index (κ2) is 9.60. The normalized spacial score (nSPS) is 13.3. The third-order valence-corrected chi connectivity index (χ3v) is 5.87. The Labute approximate surface area is 186 Å². The molecule has 0 unspecified atom stereocenters. The molecule has 0 saturated carbocycles. The number of nitrogens with zero attached hydrogens (tertiary/aromatic N) is 1. The van der Waals surface area contributed by atoms with Crippen LogP contribution in [0.4, 0.5) is 23.0 Å². The second-order valence-electron chi connectivity index (χ2n) is 6.83. The van der Waals surface area contributed by atoms with Crippen molar-refractivity contribution in [3.8, 4) is 0 Å². The van der Waals surface area contributed by atoms with Crippen LogP contribution in [0, 0.1) is 0 Å². The Morgan fingerprint density at radius 3 is 2.53 bits per heavy atom. The van der Waals surface area contributed by atoms with E-state index in [0.29, 0.717) is 23.4 Å². The van der Waals surface area contributed by atoms with Gasteiger partial charge >= 0.3 is 18.2 Å². The van der Waals surface area contributed by atoms with Gasteiger partial charge in [-0.2, -0.15) is 13.2 Å². The monoisotopic (exact) mass is 470 g/mol. The van der Waals surface area contributed by atoms with Crippen LogP contribution in [0.2, 0.25) is 0 Å². The maximum atomic E-state index is 13.0. The van der Waals surface area contributed by atoms with Crippen LogP contribution in [0.25, 0.3) is 0 Å². The largest absolute Gasteiger partial charge is 0.462 e. The number of anilines is 1. The Morgan fingerprint density at radius 2 is 1.88 bits per heavy atom. The smallest absolute Gasteiger partial charge is 0.416 e. The maximum absolute atomic E-state index is 13.0. The summed E-state index contributed by atoms with van der Waals surface area (Å²) in [5.74, 6) is -1.43. The van der Waals surface area contributed by atoms with Crippen LogP contribution in [0.5, 0.6) is 0 Å². The Hall–Kier alpha value is -3.08. The van der Waals surface area contributed by atoms with E-state index in [-0.39, 0.29) is 35.9 Å². The topological polar surface area (TPSA) is 84.9 Å². The molecule has 0 saturated heterocycles. The minimum absolute atomic E-state index is 0.111. The SMILES string of the molecule is CCOC(=O)c1c(NC(=O)c2cccc(C(F)(F)F)c2)sc2c1CCN(C(=O)OCC)C2. The summed E-state index contributed by atoms with van der Waals surface area (Å²) in [6.07, 6.45) is -4.73. The summed E-state index contributed by atoms with van der Waals surface area (Å²) in [6.45, 7) is 4.16. The molecule has 2 aromatic rings. The van der Waals surface area contributed by atoms with Crippen molar-refractivity contribution in [1.82, 2.24) is 4.90 Å². The zero-order valence-corrected chi connectivity index (χ0v) is 18.2. The minimum Gasteiger partial charge on any atom is -0.462 e. The summed E-state index contributed by atoms with van der Waals surface area (Å²) in [4.78, 5) is 39.5. The quantitative estimate of drug-likeness (QED) is 0.640. The number of nitrogens with one attached hydrogen (secondary N) is 1. The number of esters is 1. The van der Waals surface area contributed by atoms with Crippen molar-refractivity contribution >= 4 is 34.3 Å². The molecule has 7 nitrogen and oxygen atoms in total. The average molecular weight is 470 g/mol. The fourth-order valence-electron chi connectivity index (χ4n) is 3.29. The van der Waals surface area contributed by atoms with Crippen molar-refractivity contribution in [2.24, 2.45) is 0 Å². The van der Waals surface area contributed by atoms with Gasteiger partial charge in [-0.05, 0) is 44.0 Å². The number of alkyl halides is 3. The lowest BCUT2D eigenvalue weighted by atomic mass is 10.0. The van der Waals surface area contributed by atoms with Crippen LogP contribution in [0.3, 0.4) is 0 Å². The molecule has 11 heteroatoms. The highest BCUT2D eigenvalue weighted by molar-refractivity contribution is 7.17. The van der Waals surface area contributed by atoms with E-state index in [1.807, 2.05) is 0 Å². The van der Waals surface area contributed by atoms with E-state index in [2.05, 4.69) is 5.32 Å². The van der Waals surface area contributed by atoms with Crippen LogP contribution in [-0.2, 0) is 28.6 Å². The molecule has 0 bridgehead atoms. The van der Waals surface area contributed by atoms with Crippen molar-refractivity contribution in [2.45, 2.75) is 33.0 Å². The van der Waals surface area contributed by atoms with E-state index >= 15 is 0 Å². The number of hydrogen-bond donors (Lipinski definition) is 1. The number of carbonyl (C=O) groups excluding carboxylic acids is 3. The van der Waals surface area contributed by atoms with Crippen LogP contribution < -0.4 is 5.32 Å². The van der Waals surface area contributed by atoms with Gasteiger partial charge in [0.2, 0.25) is 0 Å². The third kappa shape index (κ3) is 5.04. The molecule has 172 valence electrons. The summed E-state index contributed by atoms with van der Waals surface area (Å²) in [5, 5.41) is 2.72. The third-order valence-electron chi connectivity index (χ3n) is 4.74. The molecule has 3 rings (SSSR count). The molecule has 2 amide bonds. The van der Waals surface area contributed by atoms with E-state index in [9.17, 15) is 27.6 Å². The standard InChI is InChI=1S/C21H21F3N2O5S/c1-3-30-19(28)16-14-8-9-26(20(29)31-4-2)11-15(14)32-18(16)25-17(27)12-6-5-7-13(10-12)21(22,23)24/h5-7,10H,3-4,8-9,11H2,1-2H3,(H,25,27). The first-order chi connectivity index (χ1) is 15.2. The van der Waals surface area contributed by atoms with Gasteiger partial charge < -0.3 is 19.7 Å².